The molecule has 0 fully saturated rings. The second kappa shape index (κ2) is 5.87. The maximum atomic E-state index is 11.7. The Hall–Kier alpha value is -2.83. The van der Waals surface area contributed by atoms with E-state index in [0.29, 0.717) is 11.4 Å². The summed E-state index contributed by atoms with van der Waals surface area (Å²) in [5.41, 5.74) is 0.319. The average Bonchev–Trinajstić information content (AvgIpc) is 2.93. The number of nitrogens with one attached hydrogen (secondary N) is 2. The van der Waals surface area contributed by atoms with Gasteiger partial charge in [0.05, 0.1) is 24.2 Å². The van der Waals surface area contributed by atoms with Crippen molar-refractivity contribution in [3.8, 4) is 0 Å². The minimum Gasteiger partial charge on any atom is -0.477 e. The number of anilines is 1. The summed E-state index contributed by atoms with van der Waals surface area (Å²) in [6.07, 6.45) is 2.81. The Morgan fingerprint density at radius 1 is 1.35 bits per heavy atom. The lowest BCUT2D eigenvalue weighted by Crippen LogP contribution is -2.31. The third-order valence-electron chi connectivity index (χ3n) is 2.56. The number of hydrogen-bond donors (Lipinski definition) is 3. The van der Waals surface area contributed by atoms with Crippen LogP contribution in [0, 0.1) is 0 Å². The molecule has 7 heteroatoms. The van der Waals surface area contributed by atoms with Gasteiger partial charge in [-0.25, -0.2) is 14.6 Å². The number of nitrogens with zero attached hydrogens (tertiary/aromatic N) is 1. The number of carboxylic acid groups (broad SMARTS) is 1. The van der Waals surface area contributed by atoms with Crippen molar-refractivity contribution in [2.24, 2.45) is 0 Å². The second-order valence-corrected chi connectivity index (χ2v) is 4.07. The summed E-state index contributed by atoms with van der Waals surface area (Å²) in [6.45, 7) is 1.78. The summed E-state index contributed by atoms with van der Waals surface area (Å²) in [7, 11) is 0. The van der Waals surface area contributed by atoms with Crippen molar-refractivity contribution in [2.45, 2.75) is 13.0 Å². The average molecular weight is 275 g/mol. The zero-order valence-corrected chi connectivity index (χ0v) is 10.7. The Morgan fingerprint density at radius 3 is 2.70 bits per heavy atom. The molecule has 2 amide bonds. The quantitative estimate of drug-likeness (QED) is 0.793. The maximum Gasteiger partial charge on any atom is 0.354 e. The van der Waals surface area contributed by atoms with E-state index in [2.05, 4.69) is 15.6 Å². The first kappa shape index (κ1) is 13.6. The van der Waals surface area contributed by atoms with Crippen LogP contribution in [0.5, 0.6) is 0 Å². The summed E-state index contributed by atoms with van der Waals surface area (Å²) in [5.74, 6) is -0.480. The molecule has 0 spiro atoms. The number of carbonyl (C=O) groups is 2. The van der Waals surface area contributed by atoms with Crippen LogP contribution in [0.1, 0.15) is 29.2 Å². The Labute approximate surface area is 114 Å². The molecular formula is C13H13N3O4. The standard InChI is InChI=1S/C13H13N3O4/c1-8(11-3-2-6-20-11)15-13(19)16-9-4-5-10(12(17)18)14-7-9/h2-8H,1H3,(H,17,18)(H2,15,16,19). The molecule has 0 aliphatic carbocycles. The highest BCUT2D eigenvalue weighted by molar-refractivity contribution is 5.90. The lowest BCUT2D eigenvalue weighted by molar-refractivity contribution is 0.0690. The van der Waals surface area contributed by atoms with Crippen LogP contribution in [0.25, 0.3) is 0 Å². The smallest absolute Gasteiger partial charge is 0.354 e. The Bertz CT molecular complexity index is 593. The van der Waals surface area contributed by atoms with Crippen LogP contribution in [0.4, 0.5) is 10.5 Å². The van der Waals surface area contributed by atoms with E-state index < -0.39 is 12.0 Å². The number of pyridine rings is 1. The van der Waals surface area contributed by atoms with Gasteiger partial charge in [-0.1, -0.05) is 0 Å². The van der Waals surface area contributed by atoms with Crippen LogP contribution in [-0.2, 0) is 0 Å². The fourth-order valence-corrected chi connectivity index (χ4v) is 1.57. The van der Waals surface area contributed by atoms with Gasteiger partial charge in [0.15, 0.2) is 0 Å². The molecule has 0 aliphatic rings. The van der Waals surface area contributed by atoms with Gasteiger partial charge in [0, 0.05) is 0 Å². The molecule has 0 saturated heterocycles. The minimum atomic E-state index is -1.12. The predicted octanol–water partition coefficient (Wildman–Crippen LogP) is 2.26. The Kier molecular flexibility index (Phi) is 3.99. The highest BCUT2D eigenvalue weighted by Crippen LogP contribution is 2.12. The molecule has 0 aromatic carbocycles. The fourth-order valence-electron chi connectivity index (χ4n) is 1.57. The molecule has 2 rings (SSSR count). The number of rotatable bonds is 4. The summed E-state index contributed by atoms with van der Waals surface area (Å²) < 4.78 is 5.17. The summed E-state index contributed by atoms with van der Waals surface area (Å²) >= 11 is 0. The number of carbonyl (C=O) groups excluding carboxylic acids is 1. The molecule has 20 heavy (non-hydrogen) atoms. The third kappa shape index (κ3) is 3.35. The molecule has 0 aliphatic heterocycles. The second-order valence-electron chi connectivity index (χ2n) is 4.07. The number of urea groups is 1. The van der Waals surface area contributed by atoms with Gasteiger partial charge in [-0.3, -0.25) is 0 Å². The van der Waals surface area contributed by atoms with E-state index >= 15 is 0 Å². The van der Waals surface area contributed by atoms with Crippen molar-refractivity contribution in [1.82, 2.24) is 10.3 Å². The highest BCUT2D eigenvalue weighted by Gasteiger charge is 2.12. The van der Waals surface area contributed by atoms with Gasteiger partial charge in [0.25, 0.3) is 0 Å². The van der Waals surface area contributed by atoms with Crippen LogP contribution in [0.3, 0.4) is 0 Å². The zero-order chi connectivity index (χ0) is 14.5. The normalized spacial score (nSPS) is 11.7. The lowest BCUT2D eigenvalue weighted by atomic mass is 10.2. The van der Waals surface area contributed by atoms with Gasteiger partial charge >= 0.3 is 12.0 Å². The minimum absolute atomic E-state index is 0.0834. The lowest BCUT2D eigenvalue weighted by Gasteiger charge is -2.12. The van der Waals surface area contributed by atoms with Crippen LogP contribution < -0.4 is 10.6 Å². The van der Waals surface area contributed by atoms with Crippen molar-refractivity contribution in [2.75, 3.05) is 5.32 Å². The van der Waals surface area contributed by atoms with Crippen molar-refractivity contribution in [1.29, 1.82) is 0 Å². The number of amides is 2. The summed E-state index contributed by atoms with van der Waals surface area (Å²) in [5, 5.41) is 13.9. The monoisotopic (exact) mass is 275 g/mol. The number of aromatic nitrogens is 1. The van der Waals surface area contributed by atoms with E-state index in [1.165, 1.54) is 24.6 Å². The van der Waals surface area contributed by atoms with Crippen LogP contribution >= 0.6 is 0 Å². The van der Waals surface area contributed by atoms with Crippen molar-refractivity contribution in [3.05, 3.63) is 48.2 Å². The zero-order valence-electron chi connectivity index (χ0n) is 10.7. The Balaban J connectivity index is 1.92. The predicted molar refractivity (Wildman–Crippen MR) is 70.5 cm³/mol. The van der Waals surface area contributed by atoms with Gasteiger partial charge in [-0.05, 0) is 31.2 Å². The molecule has 2 aromatic rings. The molecule has 0 saturated carbocycles. The number of carboxylic acids is 1. The highest BCUT2D eigenvalue weighted by atomic mass is 16.4. The SMILES string of the molecule is CC(NC(=O)Nc1ccc(C(=O)O)nc1)c1ccco1. The molecular weight excluding hydrogens is 262 g/mol. The van der Waals surface area contributed by atoms with Crippen molar-refractivity contribution >= 4 is 17.7 Å². The molecule has 0 radical (unpaired) electrons. The first-order valence-corrected chi connectivity index (χ1v) is 5.86. The van der Waals surface area contributed by atoms with Crippen LogP contribution in [-0.4, -0.2) is 22.1 Å². The van der Waals surface area contributed by atoms with E-state index in [1.54, 1.807) is 19.1 Å². The van der Waals surface area contributed by atoms with Gasteiger partial charge in [0.2, 0.25) is 0 Å². The summed E-state index contributed by atoms with van der Waals surface area (Å²) in [6, 6.07) is 5.56. The summed E-state index contributed by atoms with van der Waals surface area (Å²) in [4.78, 5) is 26.1. The molecule has 1 unspecified atom stereocenters. The number of furan rings is 1. The number of aromatic carboxylic acids is 1. The van der Waals surface area contributed by atoms with Crippen molar-refractivity contribution in [3.63, 3.8) is 0 Å². The van der Waals surface area contributed by atoms with E-state index in [9.17, 15) is 9.59 Å². The third-order valence-corrected chi connectivity index (χ3v) is 2.56. The molecule has 2 heterocycles. The molecule has 3 N–H and O–H groups in total. The molecule has 0 bridgehead atoms. The Morgan fingerprint density at radius 2 is 2.15 bits per heavy atom. The van der Waals surface area contributed by atoms with Crippen LogP contribution in [0.15, 0.2) is 41.1 Å². The van der Waals surface area contributed by atoms with Gasteiger partial charge in [-0.15, -0.1) is 0 Å². The number of hydrogen-bond acceptors (Lipinski definition) is 4. The van der Waals surface area contributed by atoms with Crippen LogP contribution in [0.2, 0.25) is 0 Å². The molecule has 104 valence electrons. The first-order valence-electron chi connectivity index (χ1n) is 5.86. The van der Waals surface area contributed by atoms with E-state index in [-0.39, 0.29) is 11.7 Å². The van der Waals surface area contributed by atoms with Crippen molar-refractivity contribution < 1.29 is 19.1 Å². The van der Waals surface area contributed by atoms with E-state index in [0.717, 1.165) is 0 Å². The first-order chi connectivity index (χ1) is 9.56. The topological polar surface area (TPSA) is 104 Å². The van der Waals surface area contributed by atoms with E-state index in [1.807, 2.05) is 0 Å². The largest absolute Gasteiger partial charge is 0.477 e. The maximum absolute atomic E-state index is 11.7. The molecule has 7 nitrogen and oxygen atoms in total. The molecule has 2 aromatic heterocycles. The molecule has 1 atom stereocenters. The van der Waals surface area contributed by atoms with Gasteiger partial charge in [-0.2, -0.15) is 0 Å². The van der Waals surface area contributed by atoms with Gasteiger partial charge < -0.3 is 20.2 Å². The van der Waals surface area contributed by atoms with E-state index in [4.69, 9.17) is 9.52 Å². The fraction of sp³-hybridized carbons (Fsp3) is 0.154. The van der Waals surface area contributed by atoms with Gasteiger partial charge in [0.1, 0.15) is 11.5 Å².